The average Bonchev–Trinajstić information content (AvgIpc) is 3.14. The molecule has 0 saturated carbocycles. The number of aromatic hydroxyl groups is 1. The minimum atomic E-state index is -0.401. The number of aliphatic hydroxyl groups excluding tert-OH is 1. The van der Waals surface area contributed by atoms with Gasteiger partial charge in [-0.05, 0) is 69.7 Å². The third-order valence-electron chi connectivity index (χ3n) is 10.0. The molecule has 6 atom stereocenters. The monoisotopic (exact) mass is 498 g/mol. The minimum absolute atomic E-state index is 0.0536. The van der Waals surface area contributed by atoms with E-state index >= 15 is 0 Å². The Morgan fingerprint density at radius 3 is 2.66 bits per heavy atom. The third kappa shape index (κ3) is 2.55. The van der Waals surface area contributed by atoms with Crippen molar-refractivity contribution in [3.05, 3.63) is 131 Å². The highest BCUT2D eigenvalue weighted by Gasteiger charge is 2.66. The Morgan fingerprint density at radius 1 is 0.947 bits per heavy atom. The van der Waals surface area contributed by atoms with Crippen LogP contribution in [0.3, 0.4) is 0 Å². The number of rotatable bonds is 0. The fourth-order valence-electron chi connectivity index (χ4n) is 8.72. The Labute approximate surface area is 222 Å². The van der Waals surface area contributed by atoms with Gasteiger partial charge in [0, 0.05) is 34.7 Å². The van der Waals surface area contributed by atoms with E-state index in [2.05, 4.69) is 92.8 Å². The summed E-state index contributed by atoms with van der Waals surface area (Å²) in [4.78, 5) is 0. The van der Waals surface area contributed by atoms with E-state index in [9.17, 15) is 10.2 Å². The first-order valence-electron chi connectivity index (χ1n) is 13.6. The Balaban J connectivity index is 1.55. The molecule has 1 spiro atoms. The molecule has 0 aromatic heterocycles. The lowest BCUT2D eigenvalue weighted by Crippen LogP contribution is -2.53. The second-order valence-electron chi connectivity index (χ2n) is 11.9. The third-order valence-corrected chi connectivity index (χ3v) is 10.0. The lowest BCUT2D eigenvalue weighted by molar-refractivity contribution is 0.106. The van der Waals surface area contributed by atoms with Crippen molar-refractivity contribution in [3.63, 3.8) is 0 Å². The van der Waals surface area contributed by atoms with Crippen LogP contribution in [0.1, 0.15) is 37.0 Å². The van der Waals surface area contributed by atoms with Gasteiger partial charge in [-0.15, -0.1) is 0 Å². The first-order chi connectivity index (χ1) is 18.4. The van der Waals surface area contributed by atoms with Crippen LogP contribution in [0.2, 0.25) is 0 Å². The minimum Gasteiger partial charge on any atom is -0.512 e. The van der Waals surface area contributed by atoms with E-state index < -0.39 is 5.41 Å². The zero-order valence-electron chi connectivity index (χ0n) is 21.6. The fraction of sp³-hybridized carbons (Fsp3) is 0.257. The molecule has 188 valence electrons. The van der Waals surface area contributed by atoms with Gasteiger partial charge in [0.15, 0.2) is 0 Å². The molecule has 1 aliphatic heterocycles. The van der Waals surface area contributed by atoms with Crippen LogP contribution in [0, 0.1) is 23.7 Å². The van der Waals surface area contributed by atoms with Crippen molar-refractivity contribution in [2.45, 2.75) is 31.1 Å². The molecule has 4 aliphatic carbocycles. The van der Waals surface area contributed by atoms with Gasteiger partial charge >= 0.3 is 0 Å². The number of aliphatic hydroxyl groups is 1. The lowest BCUT2D eigenvalue weighted by Gasteiger charge is -2.55. The van der Waals surface area contributed by atoms with E-state index in [1.54, 1.807) is 6.07 Å². The van der Waals surface area contributed by atoms with Crippen molar-refractivity contribution < 1.29 is 14.9 Å². The molecule has 0 radical (unpaired) electrons. The second-order valence-corrected chi connectivity index (χ2v) is 11.9. The summed E-state index contributed by atoms with van der Waals surface area (Å²) in [5.74, 6) is 3.30. The first-order valence-corrected chi connectivity index (χ1v) is 13.6. The summed E-state index contributed by atoms with van der Waals surface area (Å²) in [5, 5.41) is 23.1. The number of fused-ring (bicyclic) bond motifs is 13. The van der Waals surface area contributed by atoms with Gasteiger partial charge in [0.25, 0.3) is 0 Å². The molecule has 3 aromatic rings. The Kier molecular flexibility index (Phi) is 4.24. The molecule has 3 heteroatoms. The zero-order chi connectivity index (χ0) is 25.8. The maximum Gasteiger partial charge on any atom is 0.131 e. The van der Waals surface area contributed by atoms with E-state index in [-0.39, 0.29) is 34.8 Å². The number of phenolic OH excluding ortho intramolecular Hbond substituents is 1. The molecule has 1 heterocycles. The van der Waals surface area contributed by atoms with Crippen LogP contribution in [0.15, 0.2) is 114 Å². The van der Waals surface area contributed by atoms with Crippen molar-refractivity contribution >= 4 is 10.8 Å². The molecule has 2 N–H and O–H groups in total. The van der Waals surface area contributed by atoms with Crippen LogP contribution < -0.4 is 4.74 Å². The van der Waals surface area contributed by atoms with E-state index in [0.717, 1.165) is 22.3 Å². The lowest BCUT2D eigenvalue weighted by atomic mass is 9.50. The molecule has 8 rings (SSSR count). The van der Waals surface area contributed by atoms with E-state index in [1.165, 1.54) is 22.3 Å². The maximum absolute atomic E-state index is 10.6. The summed E-state index contributed by atoms with van der Waals surface area (Å²) in [6.45, 7) is 4.65. The van der Waals surface area contributed by atoms with E-state index in [1.807, 2.05) is 12.1 Å². The highest BCUT2D eigenvalue weighted by atomic mass is 16.5. The number of allylic oxidation sites excluding steroid dienone is 10. The Morgan fingerprint density at radius 2 is 1.79 bits per heavy atom. The quantitative estimate of drug-likeness (QED) is 0.333. The normalized spacial score (nSPS) is 33.8. The summed E-state index contributed by atoms with van der Waals surface area (Å²) < 4.78 is 6.84. The number of phenols is 1. The molecule has 6 unspecified atom stereocenters. The maximum atomic E-state index is 10.6. The summed E-state index contributed by atoms with van der Waals surface area (Å²) in [5.41, 5.74) is 4.54. The van der Waals surface area contributed by atoms with Gasteiger partial charge in [-0.3, -0.25) is 0 Å². The van der Waals surface area contributed by atoms with Crippen molar-refractivity contribution in [1.82, 2.24) is 0 Å². The van der Waals surface area contributed by atoms with Crippen LogP contribution in [-0.4, -0.2) is 10.2 Å². The van der Waals surface area contributed by atoms with Crippen molar-refractivity contribution in [1.29, 1.82) is 0 Å². The molecule has 3 aromatic carbocycles. The molecular weight excluding hydrogens is 468 g/mol. The number of hydrogen-bond acceptors (Lipinski definition) is 3. The van der Waals surface area contributed by atoms with Gasteiger partial charge < -0.3 is 14.9 Å². The van der Waals surface area contributed by atoms with E-state index in [4.69, 9.17) is 4.74 Å². The summed E-state index contributed by atoms with van der Waals surface area (Å²) >= 11 is 0. The predicted molar refractivity (Wildman–Crippen MR) is 150 cm³/mol. The predicted octanol–water partition coefficient (Wildman–Crippen LogP) is 7.78. The summed E-state index contributed by atoms with van der Waals surface area (Å²) in [7, 11) is 0. The van der Waals surface area contributed by atoms with Gasteiger partial charge in [-0.25, -0.2) is 0 Å². The summed E-state index contributed by atoms with van der Waals surface area (Å²) in [6.07, 6.45) is 16.2. The zero-order valence-corrected chi connectivity index (χ0v) is 21.6. The largest absolute Gasteiger partial charge is 0.512 e. The Hall–Kier alpha value is -3.98. The van der Waals surface area contributed by atoms with Gasteiger partial charge in [0.05, 0.1) is 5.76 Å². The SMILES string of the molecule is CC1CC(O)=CC2=CC=C3Oc4ccc5cc(O)ccc5c4C4(c5ccccc5C5(C)C=CC=CC54)C3C21. The number of hydrogen-bond donors (Lipinski definition) is 2. The van der Waals surface area contributed by atoms with Crippen molar-refractivity contribution in [2.24, 2.45) is 23.7 Å². The molecule has 5 aliphatic rings. The van der Waals surface area contributed by atoms with Crippen LogP contribution in [-0.2, 0) is 10.8 Å². The van der Waals surface area contributed by atoms with Gasteiger partial charge in [-0.2, -0.15) is 0 Å². The van der Waals surface area contributed by atoms with Crippen molar-refractivity contribution in [3.8, 4) is 11.5 Å². The second kappa shape index (κ2) is 7.32. The van der Waals surface area contributed by atoms with Crippen LogP contribution in [0.25, 0.3) is 10.8 Å². The highest BCUT2D eigenvalue weighted by molar-refractivity contribution is 5.92. The average molecular weight is 499 g/mol. The smallest absolute Gasteiger partial charge is 0.131 e. The molecule has 38 heavy (non-hydrogen) atoms. The van der Waals surface area contributed by atoms with Gasteiger partial charge in [0.1, 0.15) is 17.3 Å². The van der Waals surface area contributed by atoms with Crippen LogP contribution >= 0.6 is 0 Å². The summed E-state index contributed by atoms with van der Waals surface area (Å²) in [6, 6.07) is 18.9. The first kappa shape index (κ1) is 22.0. The highest BCUT2D eigenvalue weighted by Crippen LogP contribution is 2.70. The van der Waals surface area contributed by atoms with E-state index in [0.29, 0.717) is 12.2 Å². The van der Waals surface area contributed by atoms with Crippen molar-refractivity contribution in [2.75, 3.05) is 0 Å². The molecule has 0 amide bonds. The topological polar surface area (TPSA) is 49.7 Å². The van der Waals surface area contributed by atoms with Crippen LogP contribution in [0.4, 0.5) is 0 Å². The van der Waals surface area contributed by atoms with Crippen LogP contribution in [0.5, 0.6) is 11.5 Å². The standard InChI is InChI=1S/C35H30O3/c1-20-17-24(37)19-22-11-15-29-33(31(20)22)35(32-25-13-12-23(36)18-21(25)10-14-28(32)38-29)27-8-4-3-7-26(27)34(2)16-6-5-9-30(34)35/h3-16,18-20,30-31,33,36-37H,17H2,1-2H3. The Bertz CT molecular complexity index is 1700. The molecule has 0 saturated heterocycles. The number of benzene rings is 3. The van der Waals surface area contributed by atoms with Gasteiger partial charge in [0.2, 0.25) is 0 Å². The molecule has 0 bridgehead atoms. The number of ether oxygens (including phenoxy) is 1. The van der Waals surface area contributed by atoms with Gasteiger partial charge in [-0.1, -0.05) is 80.6 Å². The fourth-order valence-corrected chi connectivity index (χ4v) is 8.72. The molecular formula is C35H30O3. The molecule has 0 fully saturated rings. The molecule has 3 nitrogen and oxygen atoms in total.